The van der Waals surface area contributed by atoms with Gasteiger partial charge in [-0.15, -0.1) is 0 Å². The van der Waals surface area contributed by atoms with Crippen molar-refractivity contribution in [3.63, 3.8) is 0 Å². The highest BCUT2D eigenvalue weighted by atomic mass is 35.5. The van der Waals surface area contributed by atoms with Gasteiger partial charge in [0.25, 0.3) is 15.9 Å². The van der Waals surface area contributed by atoms with E-state index in [0.29, 0.717) is 17.2 Å². The van der Waals surface area contributed by atoms with Crippen LogP contribution in [0.15, 0.2) is 65.6 Å². The predicted molar refractivity (Wildman–Crippen MR) is 127 cm³/mol. The predicted octanol–water partition coefficient (Wildman–Crippen LogP) is 4.33. The number of nitrogens with one attached hydrogen (secondary N) is 2. The summed E-state index contributed by atoms with van der Waals surface area (Å²) in [5, 5.41) is 2.78. The Morgan fingerprint density at radius 3 is 2.58 bits per heavy atom. The third kappa shape index (κ3) is 5.23. The van der Waals surface area contributed by atoms with E-state index in [-0.39, 0.29) is 34.7 Å². The maximum absolute atomic E-state index is 13.0. The zero-order chi connectivity index (χ0) is 23.6. The van der Waals surface area contributed by atoms with Crippen LogP contribution in [0.5, 0.6) is 11.5 Å². The number of rotatable bonds is 6. The summed E-state index contributed by atoms with van der Waals surface area (Å²) in [5.74, 6) is 0.821. The fraction of sp³-hybridized carbons (Fsp3) is 0.208. The number of hydrogen-bond acceptors (Lipinski definition) is 5. The first-order valence-corrected chi connectivity index (χ1v) is 12.2. The van der Waals surface area contributed by atoms with Gasteiger partial charge in [-0.25, -0.2) is 8.42 Å². The molecule has 7 nitrogen and oxygen atoms in total. The molecule has 0 spiro atoms. The highest BCUT2D eigenvalue weighted by Gasteiger charge is 2.23. The fourth-order valence-electron chi connectivity index (χ4n) is 3.45. The Morgan fingerprint density at radius 1 is 1.06 bits per heavy atom. The number of sulfonamides is 1. The van der Waals surface area contributed by atoms with Crippen molar-refractivity contribution in [2.75, 3.05) is 17.9 Å². The standard InChI is InChI=1S/C24H23ClN2O5S/c1-15-7-10-20(16(2)11-15)27-33(29,30)23-12-17(8-9-19(23)25)24(28)26-13-18-14-31-21-5-3-4-6-22(21)32-18/h3-12,18,27H,13-14H2,1-2H3,(H,26,28). The first-order chi connectivity index (χ1) is 15.7. The number of benzene rings is 3. The van der Waals surface area contributed by atoms with Crippen LogP contribution in [0.2, 0.25) is 5.02 Å². The molecule has 172 valence electrons. The van der Waals surface area contributed by atoms with Gasteiger partial charge < -0.3 is 14.8 Å². The first-order valence-electron chi connectivity index (χ1n) is 10.3. The molecule has 0 saturated heterocycles. The maximum atomic E-state index is 13.0. The summed E-state index contributed by atoms with van der Waals surface area (Å²) in [7, 11) is -4.01. The summed E-state index contributed by atoms with van der Waals surface area (Å²) in [6.07, 6.45) is -0.370. The van der Waals surface area contributed by atoms with Crippen LogP contribution in [0.25, 0.3) is 0 Å². The largest absolute Gasteiger partial charge is 0.486 e. The minimum atomic E-state index is -4.01. The molecule has 0 saturated carbocycles. The summed E-state index contributed by atoms with van der Waals surface area (Å²) in [6, 6.07) is 16.8. The van der Waals surface area contributed by atoms with Gasteiger partial charge in [-0.3, -0.25) is 9.52 Å². The zero-order valence-electron chi connectivity index (χ0n) is 18.1. The van der Waals surface area contributed by atoms with Gasteiger partial charge >= 0.3 is 0 Å². The number of ether oxygens (including phenoxy) is 2. The number of amides is 1. The van der Waals surface area contributed by atoms with Crippen LogP contribution in [0.4, 0.5) is 5.69 Å². The summed E-state index contributed by atoms with van der Waals surface area (Å²) >= 11 is 6.18. The van der Waals surface area contributed by atoms with Crippen molar-refractivity contribution in [1.82, 2.24) is 5.32 Å². The van der Waals surface area contributed by atoms with Crippen molar-refractivity contribution in [3.8, 4) is 11.5 Å². The average molecular weight is 487 g/mol. The minimum absolute atomic E-state index is 0.0180. The molecule has 1 atom stereocenters. The molecule has 0 aromatic heterocycles. The quantitative estimate of drug-likeness (QED) is 0.541. The Morgan fingerprint density at radius 2 is 1.82 bits per heavy atom. The highest BCUT2D eigenvalue weighted by Crippen LogP contribution is 2.31. The number of halogens is 1. The van der Waals surface area contributed by atoms with E-state index in [1.54, 1.807) is 12.1 Å². The summed E-state index contributed by atoms with van der Waals surface area (Å²) < 4.78 is 40.0. The van der Waals surface area contributed by atoms with Crippen molar-refractivity contribution in [2.45, 2.75) is 24.8 Å². The minimum Gasteiger partial charge on any atom is -0.486 e. The van der Waals surface area contributed by atoms with Gasteiger partial charge in [0.1, 0.15) is 17.6 Å². The number of fused-ring (bicyclic) bond motifs is 1. The van der Waals surface area contributed by atoms with Gasteiger partial charge in [-0.1, -0.05) is 41.4 Å². The second-order valence-electron chi connectivity index (χ2n) is 7.78. The van der Waals surface area contributed by atoms with Crippen molar-refractivity contribution in [1.29, 1.82) is 0 Å². The molecule has 4 rings (SSSR count). The Hall–Kier alpha value is -3.23. The Balaban J connectivity index is 1.46. The van der Waals surface area contributed by atoms with E-state index < -0.39 is 15.9 Å². The average Bonchev–Trinajstić information content (AvgIpc) is 2.79. The van der Waals surface area contributed by atoms with Crippen LogP contribution < -0.4 is 19.5 Å². The molecule has 1 heterocycles. The molecule has 0 radical (unpaired) electrons. The smallest absolute Gasteiger partial charge is 0.263 e. The molecule has 3 aromatic rings. The van der Waals surface area contributed by atoms with Crippen molar-refractivity contribution < 1.29 is 22.7 Å². The van der Waals surface area contributed by atoms with E-state index >= 15 is 0 Å². The molecule has 0 fully saturated rings. The van der Waals surface area contributed by atoms with Gasteiger partial charge in [-0.2, -0.15) is 0 Å². The monoisotopic (exact) mass is 486 g/mol. The third-order valence-corrected chi connectivity index (χ3v) is 7.01. The molecule has 3 aromatic carbocycles. The molecular formula is C24H23ClN2O5S. The van der Waals surface area contributed by atoms with Crippen LogP contribution in [-0.2, 0) is 10.0 Å². The van der Waals surface area contributed by atoms with E-state index in [0.717, 1.165) is 11.1 Å². The topological polar surface area (TPSA) is 93.7 Å². The van der Waals surface area contributed by atoms with Gasteiger partial charge in [0, 0.05) is 5.56 Å². The highest BCUT2D eigenvalue weighted by molar-refractivity contribution is 7.92. The van der Waals surface area contributed by atoms with E-state index in [4.69, 9.17) is 21.1 Å². The number of aryl methyl sites for hydroxylation is 2. The van der Waals surface area contributed by atoms with Crippen molar-refractivity contribution in [2.24, 2.45) is 0 Å². The fourth-order valence-corrected chi connectivity index (χ4v) is 5.11. The molecule has 33 heavy (non-hydrogen) atoms. The number of anilines is 1. The van der Waals surface area contributed by atoms with Crippen LogP contribution in [0.3, 0.4) is 0 Å². The second-order valence-corrected chi connectivity index (χ2v) is 9.83. The number of carbonyl (C=O) groups excluding carboxylic acids is 1. The van der Waals surface area contributed by atoms with Gasteiger partial charge in [-0.05, 0) is 55.8 Å². The summed E-state index contributed by atoms with van der Waals surface area (Å²) in [6.45, 7) is 4.22. The normalized spacial score (nSPS) is 15.1. The SMILES string of the molecule is Cc1ccc(NS(=O)(=O)c2cc(C(=O)NCC3COc4ccccc4O3)ccc2Cl)c(C)c1. The number of hydrogen-bond donors (Lipinski definition) is 2. The van der Waals surface area contributed by atoms with Gasteiger partial charge in [0.2, 0.25) is 0 Å². The van der Waals surface area contributed by atoms with Gasteiger partial charge in [0.15, 0.2) is 11.5 Å². The summed E-state index contributed by atoms with van der Waals surface area (Å²) in [5.41, 5.74) is 2.40. The van der Waals surface area contributed by atoms with Crippen molar-refractivity contribution >= 4 is 33.2 Å². The molecular weight excluding hydrogens is 464 g/mol. The number of carbonyl (C=O) groups is 1. The Bertz CT molecular complexity index is 1310. The second kappa shape index (κ2) is 9.33. The maximum Gasteiger partial charge on any atom is 0.263 e. The van der Waals surface area contributed by atoms with Crippen LogP contribution >= 0.6 is 11.6 Å². The van der Waals surface area contributed by atoms with Crippen LogP contribution in [0.1, 0.15) is 21.5 Å². The van der Waals surface area contributed by atoms with Crippen molar-refractivity contribution in [3.05, 3.63) is 82.4 Å². The molecule has 1 unspecified atom stereocenters. The molecule has 0 aliphatic carbocycles. The molecule has 0 bridgehead atoms. The Labute approximate surface area is 197 Å². The zero-order valence-corrected chi connectivity index (χ0v) is 19.7. The number of para-hydroxylation sites is 2. The van der Waals surface area contributed by atoms with Gasteiger partial charge in [0.05, 0.1) is 17.3 Å². The van der Waals surface area contributed by atoms with E-state index in [9.17, 15) is 13.2 Å². The van der Waals surface area contributed by atoms with E-state index in [2.05, 4.69) is 10.0 Å². The lowest BCUT2D eigenvalue weighted by atomic mass is 10.1. The van der Waals surface area contributed by atoms with E-state index in [1.165, 1.54) is 18.2 Å². The molecule has 2 N–H and O–H groups in total. The molecule has 1 aliphatic heterocycles. The molecule has 1 aliphatic rings. The van der Waals surface area contributed by atoms with Crippen LogP contribution in [-0.4, -0.2) is 33.6 Å². The van der Waals surface area contributed by atoms with E-state index in [1.807, 2.05) is 44.2 Å². The van der Waals surface area contributed by atoms with Crippen LogP contribution in [0, 0.1) is 13.8 Å². The molecule has 9 heteroatoms. The molecule has 1 amide bonds. The Kier molecular flexibility index (Phi) is 6.49. The lowest BCUT2D eigenvalue weighted by Crippen LogP contribution is -2.40. The lowest BCUT2D eigenvalue weighted by molar-refractivity contribution is 0.0789. The summed E-state index contributed by atoms with van der Waals surface area (Å²) in [4.78, 5) is 12.5. The first kappa shape index (κ1) is 22.9. The third-order valence-electron chi connectivity index (χ3n) is 5.17. The lowest BCUT2D eigenvalue weighted by Gasteiger charge is -2.26.